The molecule has 1 aliphatic rings. The molecule has 1 heterocycles. The fraction of sp³-hybridized carbons (Fsp3) is 0.769. The molecule has 1 aromatic heterocycles. The normalized spacial score (nSPS) is 25.9. The SMILES string of the molecule is Cn1ccc(CC(O)C2CCCC2(C)C)n1. The number of hydrogen-bond acceptors (Lipinski definition) is 2. The molecule has 0 radical (unpaired) electrons. The van der Waals surface area contributed by atoms with Crippen molar-refractivity contribution in [2.45, 2.75) is 45.6 Å². The molecule has 1 aromatic rings. The maximum Gasteiger partial charge on any atom is 0.0650 e. The van der Waals surface area contributed by atoms with Crippen molar-refractivity contribution in [3.05, 3.63) is 18.0 Å². The Morgan fingerprint density at radius 2 is 2.38 bits per heavy atom. The van der Waals surface area contributed by atoms with Crippen LogP contribution in [0.1, 0.15) is 38.8 Å². The van der Waals surface area contributed by atoms with Crippen molar-refractivity contribution in [1.29, 1.82) is 0 Å². The van der Waals surface area contributed by atoms with E-state index in [9.17, 15) is 5.11 Å². The summed E-state index contributed by atoms with van der Waals surface area (Å²) in [5.74, 6) is 0.425. The highest BCUT2D eigenvalue weighted by molar-refractivity contribution is 5.02. The first kappa shape index (κ1) is 11.6. The molecule has 3 heteroatoms. The summed E-state index contributed by atoms with van der Waals surface area (Å²) < 4.78 is 1.79. The molecule has 0 amide bonds. The van der Waals surface area contributed by atoms with Crippen molar-refractivity contribution in [3.8, 4) is 0 Å². The van der Waals surface area contributed by atoms with Gasteiger partial charge in [0.25, 0.3) is 0 Å². The van der Waals surface area contributed by atoms with Gasteiger partial charge in [-0.15, -0.1) is 0 Å². The van der Waals surface area contributed by atoms with Gasteiger partial charge >= 0.3 is 0 Å². The highest BCUT2D eigenvalue weighted by Gasteiger charge is 2.38. The minimum Gasteiger partial charge on any atom is -0.392 e. The highest BCUT2D eigenvalue weighted by Crippen LogP contribution is 2.44. The zero-order valence-corrected chi connectivity index (χ0v) is 10.5. The smallest absolute Gasteiger partial charge is 0.0650 e. The number of aliphatic hydroxyl groups is 1. The minimum atomic E-state index is -0.243. The summed E-state index contributed by atoms with van der Waals surface area (Å²) in [6.45, 7) is 4.54. The first-order valence-corrected chi connectivity index (χ1v) is 6.15. The van der Waals surface area contributed by atoms with E-state index in [1.807, 2.05) is 19.3 Å². The van der Waals surface area contributed by atoms with Crippen LogP contribution in [0.2, 0.25) is 0 Å². The molecular weight excluding hydrogens is 200 g/mol. The summed E-state index contributed by atoms with van der Waals surface area (Å²) in [6.07, 6.45) is 6.01. The summed E-state index contributed by atoms with van der Waals surface area (Å²) in [5.41, 5.74) is 1.28. The molecule has 0 spiro atoms. The Bertz CT molecular complexity index is 357. The summed E-state index contributed by atoms with van der Waals surface area (Å²) >= 11 is 0. The van der Waals surface area contributed by atoms with Gasteiger partial charge in [-0.25, -0.2) is 0 Å². The Labute approximate surface area is 97.5 Å². The van der Waals surface area contributed by atoms with E-state index >= 15 is 0 Å². The van der Waals surface area contributed by atoms with Crippen LogP contribution < -0.4 is 0 Å². The average Bonchev–Trinajstić information content (AvgIpc) is 2.72. The van der Waals surface area contributed by atoms with Gasteiger partial charge in [-0.3, -0.25) is 4.68 Å². The number of aromatic nitrogens is 2. The standard InChI is InChI=1S/C13H22N2O/c1-13(2)7-4-5-11(13)12(16)9-10-6-8-15(3)14-10/h6,8,11-12,16H,4-5,7,9H2,1-3H3. The van der Waals surface area contributed by atoms with Gasteiger partial charge in [-0.2, -0.15) is 5.10 Å². The summed E-state index contributed by atoms with van der Waals surface area (Å²) in [4.78, 5) is 0. The van der Waals surface area contributed by atoms with E-state index < -0.39 is 0 Å². The second kappa shape index (κ2) is 4.21. The second-order valence-electron chi connectivity index (χ2n) is 5.74. The van der Waals surface area contributed by atoms with E-state index in [1.165, 1.54) is 12.8 Å². The topological polar surface area (TPSA) is 38.0 Å². The number of rotatable bonds is 3. The maximum absolute atomic E-state index is 10.3. The summed E-state index contributed by atoms with van der Waals surface area (Å²) in [6, 6.07) is 1.99. The van der Waals surface area contributed by atoms with E-state index in [0.717, 1.165) is 12.1 Å². The average molecular weight is 222 g/mol. The van der Waals surface area contributed by atoms with E-state index in [0.29, 0.717) is 12.3 Å². The minimum absolute atomic E-state index is 0.243. The lowest BCUT2D eigenvalue weighted by Crippen LogP contribution is -2.31. The molecule has 2 unspecified atom stereocenters. The predicted molar refractivity (Wildman–Crippen MR) is 64.0 cm³/mol. The summed E-state index contributed by atoms with van der Waals surface area (Å²) in [7, 11) is 1.91. The number of nitrogens with zero attached hydrogens (tertiary/aromatic N) is 2. The van der Waals surface area contributed by atoms with Gasteiger partial charge in [0.15, 0.2) is 0 Å². The Morgan fingerprint density at radius 3 is 2.88 bits per heavy atom. The van der Waals surface area contributed by atoms with Gasteiger partial charge in [0.05, 0.1) is 11.8 Å². The zero-order valence-electron chi connectivity index (χ0n) is 10.5. The predicted octanol–water partition coefficient (Wildman–Crippen LogP) is 2.15. The van der Waals surface area contributed by atoms with Gasteiger partial charge in [0, 0.05) is 19.7 Å². The molecule has 0 saturated heterocycles. The maximum atomic E-state index is 10.3. The molecule has 1 saturated carbocycles. The van der Waals surface area contributed by atoms with E-state index in [4.69, 9.17) is 0 Å². The third kappa shape index (κ3) is 2.29. The third-order valence-electron chi connectivity index (χ3n) is 3.99. The van der Waals surface area contributed by atoms with Crippen molar-refractivity contribution in [3.63, 3.8) is 0 Å². The van der Waals surface area contributed by atoms with Gasteiger partial charge in [-0.1, -0.05) is 20.3 Å². The van der Waals surface area contributed by atoms with Crippen LogP contribution in [-0.4, -0.2) is 21.0 Å². The Morgan fingerprint density at radius 1 is 1.62 bits per heavy atom. The van der Waals surface area contributed by atoms with E-state index in [1.54, 1.807) is 4.68 Å². The lowest BCUT2D eigenvalue weighted by molar-refractivity contribution is 0.0535. The molecule has 90 valence electrons. The van der Waals surface area contributed by atoms with Gasteiger partial charge in [0.1, 0.15) is 0 Å². The molecule has 0 bridgehead atoms. The van der Waals surface area contributed by atoms with Gasteiger partial charge in [-0.05, 0) is 30.2 Å². The van der Waals surface area contributed by atoms with Crippen molar-refractivity contribution >= 4 is 0 Å². The van der Waals surface area contributed by atoms with Crippen LogP contribution in [0.4, 0.5) is 0 Å². The number of hydrogen-bond donors (Lipinski definition) is 1. The highest BCUT2D eigenvalue weighted by atomic mass is 16.3. The lowest BCUT2D eigenvalue weighted by atomic mass is 9.77. The van der Waals surface area contributed by atoms with Crippen LogP contribution in [0.5, 0.6) is 0 Å². The molecule has 1 fully saturated rings. The molecule has 0 aromatic carbocycles. The quantitative estimate of drug-likeness (QED) is 0.851. The molecule has 16 heavy (non-hydrogen) atoms. The van der Waals surface area contributed by atoms with Crippen molar-refractivity contribution in [2.24, 2.45) is 18.4 Å². The van der Waals surface area contributed by atoms with Crippen LogP contribution in [0.3, 0.4) is 0 Å². The first-order valence-electron chi connectivity index (χ1n) is 6.15. The molecule has 2 atom stereocenters. The fourth-order valence-corrected chi connectivity index (χ4v) is 3.00. The first-order chi connectivity index (χ1) is 7.49. The number of aliphatic hydroxyl groups excluding tert-OH is 1. The summed E-state index contributed by atoms with van der Waals surface area (Å²) in [5, 5.41) is 14.6. The second-order valence-corrected chi connectivity index (χ2v) is 5.74. The molecule has 3 nitrogen and oxygen atoms in total. The van der Waals surface area contributed by atoms with Crippen LogP contribution in [-0.2, 0) is 13.5 Å². The molecule has 1 aliphatic carbocycles. The Balaban J connectivity index is 2.00. The largest absolute Gasteiger partial charge is 0.392 e. The van der Waals surface area contributed by atoms with Gasteiger partial charge in [0.2, 0.25) is 0 Å². The van der Waals surface area contributed by atoms with Crippen molar-refractivity contribution in [2.75, 3.05) is 0 Å². The van der Waals surface area contributed by atoms with Crippen molar-refractivity contribution in [1.82, 2.24) is 9.78 Å². The van der Waals surface area contributed by atoms with Crippen molar-refractivity contribution < 1.29 is 5.11 Å². The van der Waals surface area contributed by atoms with E-state index in [-0.39, 0.29) is 11.5 Å². The van der Waals surface area contributed by atoms with Crippen LogP contribution in [0, 0.1) is 11.3 Å². The fourth-order valence-electron chi connectivity index (χ4n) is 3.00. The molecular formula is C13H22N2O. The Hall–Kier alpha value is -0.830. The van der Waals surface area contributed by atoms with Crippen LogP contribution in [0.25, 0.3) is 0 Å². The molecule has 0 aliphatic heterocycles. The number of aryl methyl sites for hydroxylation is 1. The monoisotopic (exact) mass is 222 g/mol. The van der Waals surface area contributed by atoms with Crippen LogP contribution in [0.15, 0.2) is 12.3 Å². The van der Waals surface area contributed by atoms with Crippen LogP contribution >= 0.6 is 0 Å². The van der Waals surface area contributed by atoms with E-state index in [2.05, 4.69) is 18.9 Å². The Kier molecular flexibility index (Phi) is 3.06. The zero-order chi connectivity index (χ0) is 11.8. The molecule has 2 rings (SSSR count). The van der Waals surface area contributed by atoms with Gasteiger partial charge < -0.3 is 5.11 Å². The lowest BCUT2D eigenvalue weighted by Gasteiger charge is -2.30. The molecule has 1 N–H and O–H groups in total. The third-order valence-corrected chi connectivity index (χ3v) is 3.99.